The van der Waals surface area contributed by atoms with E-state index in [1.54, 1.807) is 4.52 Å². The first-order chi connectivity index (χ1) is 11.6. The second kappa shape index (κ2) is 5.70. The fourth-order valence-electron chi connectivity index (χ4n) is 3.09. The van der Waals surface area contributed by atoms with Crippen LogP contribution in [0.2, 0.25) is 0 Å². The second-order valence-electron chi connectivity index (χ2n) is 6.28. The molecule has 24 heavy (non-hydrogen) atoms. The van der Waals surface area contributed by atoms with Crippen LogP contribution >= 0.6 is 0 Å². The van der Waals surface area contributed by atoms with E-state index in [0.29, 0.717) is 5.78 Å². The smallest absolute Gasteiger partial charge is 0.298 e. The Hall–Kier alpha value is -2.76. The SMILES string of the molecule is Cc1cc(C)n2nc(C(=O)N(c3ccccc3)C3CCC3)nc2n1. The fourth-order valence-corrected chi connectivity index (χ4v) is 3.09. The van der Waals surface area contributed by atoms with Crippen LogP contribution in [0.3, 0.4) is 0 Å². The first kappa shape index (κ1) is 14.8. The van der Waals surface area contributed by atoms with Crippen LogP contribution in [0.1, 0.15) is 41.3 Å². The molecule has 0 saturated heterocycles. The number of nitrogens with zero attached hydrogens (tertiary/aromatic N) is 5. The molecule has 0 bridgehead atoms. The van der Waals surface area contributed by atoms with E-state index in [4.69, 9.17) is 0 Å². The van der Waals surface area contributed by atoms with Crippen molar-refractivity contribution in [3.8, 4) is 0 Å². The molecule has 0 unspecified atom stereocenters. The van der Waals surface area contributed by atoms with Crippen molar-refractivity contribution in [1.82, 2.24) is 19.6 Å². The maximum absolute atomic E-state index is 13.1. The summed E-state index contributed by atoms with van der Waals surface area (Å²) in [4.78, 5) is 23.7. The van der Waals surface area contributed by atoms with Gasteiger partial charge in [0.15, 0.2) is 0 Å². The van der Waals surface area contributed by atoms with Crippen molar-refractivity contribution in [3.63, 3.8) is 0 Å². The summed E-state index contributed by atoms with van der Waals surface area (Å²) in [6.45, 7) is 3.85. The number of aromatic nitrogens is 4. The minimum atomic E-state index is -0.159. The van der Waals surface area contributed by atoms with E-state index < -0.39 is 0 Å². The molecule has 4 rings (SSSR count). The topological polar surface area (TPSA) is 63.4 Å². The summed E-state index contributed by atoms with van der Waals surface area (Å²) in [6, 6.07) is 11.9. The number of carbonyl (C=O) groups excluding carboxylic acids is 1. The molecule has 0 radical (unpaired) electrons. The Morgan fingerprint density at radius 3 is 2.58 bits per heavy atom. The average molecular weight is 321 g/mol. The maximum atomic E-state index is 13.1. The van der Waals surface area contributed by atoms with Gasteiger partial charge in [0.25, 0.3) is 11.7 Å². The van der Waals surface area contributed by atoms with E-state index in [2.05, 4.69) is 15.1 Å². The standard InChI is InChI=1S/C18H19N5O/c1-12-11-13(2)23-18(19-12)20-16(21-23)17(24)22(15-9-6-10-15)14-7-4-3-5-8-14/h3-5,7-8,11,15H,6,9-10H2,1-2H3. The lowest BCUT2D eigenvalue weighted by Gasteiger charge is -2.36. The van der Waals surface area contributed by atoms with Gasteiger partial charge >= 0.3 is 0 Å². The molecular weight excluding hydrogens is 302 g/mol. The number of hydrogen-bond acceptors (Lipinski definition) is 4. The number of carbonyl (C=O) groups is 1. The summed E-state index contributed by atoms with van der Waals surface area (Å²) in [7, 11) is 0. The van der Waals surface area contributed by atoms with Crippen LogP contribution in [0.5, 0.6) is 0 Å². The predicted octanol–water partition coefficient (Wildman–Crippen LogP) is 2.94. The van der Waals surface area contributed by atoms with Gasteiger partial charge in [-0.2, -0.15) is 4.98 Å². The quantitative estimate of drug-likeness (QED) is 0.744. The summed E-state index contributed by atoms with van der Waals surface area (Å²) in [5.74, 6) is 0.512. The summed E-state index contributed by atoms with van der Waals surface area (Å²) in [5.41, 5.74) is 2.68. The van der Waals surface area contributed by atoms with Gasteiger partial charge in [0.2, 0.25) is 5.82 Å². The number of fused-ring (bicyclic) bond motifs is 1. The van der Waals surface area contributed by atoms with Crippen molar-refractivity contribution in [2.24, 2.45) is 0 Å². The number of aryl methyl sites for hydroxylation is 2. The third-order valence-corrected chi connectivity index (χ3v) is 4.50. The van der Waals surface area contributed by atoms with Crippen LogP contribution < -0.4 is 4.90 Å². The molecule has 1 aliphatic rings. The van der Waals surface area contributed by atoms with Crippen LogP contribution in [0.25, 0.3) is 5.78 Å². The van der Waals surface area contributed by atoms with Crippen molar-refractivity contribution in [3.05, 3.63) is 53.6 Å². The average Bonchev–Trinajstić information content (AvgIpc) is 2.95. The van der Waals surface area contributed by atoms with Crippen molar-refractivity contribution >= 4 is 17.4 Å². The van der Waals surface area contributed by atoms with Crippen LogP contribution in [0.15, 0.2) is 36.4 Å². The van der Waals surface area contributed by atoms with E-state index >= 15 is 0 Å². The van der Waals surface area contributed by atoms with E-state index in [-0.39, 0.29) is 17.8 Å². The molecular formula is C18H19N5O. The summed E-state index contributed by atoms with van der Waals surface area (Å²) in [6.07, 6.45) is 3.19. The monoisotopic (exact) mass is 321 g/mol. The highest BCUT2D eigenvalue weighted by molar-refractivity contribution is 6.04. The van der Waals surface area contributed by atoms with Gasteiger partial charge < -0.3 is 4.90 Å². The highest BCUT2D eigenvalue weighted by Gasteiger charge is 2.32. The molecule has 6 nitrogen and oxygen atoms in total. The molecule has 0 N–H and O–H groups in total. The molecule has 3 aromatic rings. The summed E-state index contributed by atoms with van der Waals surface area (Å²) in [5, 5.41) is 4.39. The number of anilines is 1. The largest absolute Gasteiger partial charge is 0.303 e. The molecule has 2 aromatic heterocycles. The Bertz CT molecular complexity index is 898. The lowest BCUT2D eigenvalue weighted by atomic mass is 9.91. The Morgan fingerprint density at radius 1 is 1.17 bits per heavy atom. The Labute approximate surface area is 140 Å². The molecule has 122 valence electrons. The molecule has 1 amide bonds. The van der Waals surface area contributed by atoms with Crippen LogP contribution in [-0.2, 0) is 0 Å². The minimum Gasteiger partial charge on any atom is -0.303 e. The lowest BCUT2D eigenvalue weighted by Crippen LogP contribution is -2.45. The number of amides is 1. The Morgan fingerprint density at radius 2 is 1.92 bits per heavy atom. The van der Waals surface area contributed by atoms with Gasteiger partial charge in [0, 0.05) is 23.1 Å². The molecule has 1 fully saturated rings. The van der Waals surface area contributed by atoms with Crippen molar-refractivity contribution in [1.29, 1.82) is 0 Å². The molecule has 0 aliphatic heterocycles. The predicted molar refractivity (Wildman–Crippen MR) is 91.1 cm³/mol. The third kappa shape index (κ3) is 2.44. The van der Waals surface area contributed by atoms with Gasteiger partial charge in [-0.3, -0.25) is 4.79 Å². The highest BCUT2D eigenvalue weighted by atomic mass is 16.2. The zero-order chi connectivity index (χ0) is 16.7. The Kier molecular flexibility index (Phi) is 3.52. The van der Waals surface area contributed by atoms with E-state index in [9.17, 15) is 4.79 Å². The molecule has 0 atom stereocenters. The van der Waals surface area contributed by atoms with E-state index in [1.807, 2.05) is 55.1 Å². The van der Waals surface area contributed by atoms with Crippen LogP contribution in [0, 0.1) is 13.8 Å². The lowest BCUT2D eigenvalue weighted by molar-refractivity contribution is 0.0954. The van der Waals surface area contributed by atoms with Gasteiger partial charge in [-0.15, -0.1) is 5.10 Å². The van der Waals surface area contributed by atoms with Crippen molar-refractivity contribution < 1.29 is 4.79 Å². The van der Waals surface area contributed by atoms with Gasteiger partial charge in [0.05, 0.1) is 0 Å². The summed E-state index contributed by atoms with van der Waals surface area (Å²) >= 11 is 0. The highest BCUT2D eigenvalue weighted by Crippen LogP contribution is 2.30. The van der Waals surface area contributed by atoms with Gasteiger partial charge in [-0.05, 0) is 51.3 Å². The van der Waals surface area contributed by atoms with Gasteiger partial charge in [-0.25, -0.2) is 9.50 Å². The van der Waals surface area contributed by atoms with E-state index in [0.717, 1.165) is 36.3 Å². The number of benzene rings is 1. The van der Waals surface area contributed by atoms with Crippen molar-refractivity contribution in [2.45, 2.75) is 39.2 Å². The zero-order valence-electron chi connectivity index (χ0n) is 13.8. The normalized spacial score (nSPS) is 14.6. The number of para-hydroxylation sites is 1. The number of rotatable bonds is 3. The summed E-state index contributed by atoms with van der Waals surface area (Å²) < 4.78 is 1.63. The van der Waals surface area contributed by atoms with Gasteiger partial charge in [-0.1, -0.05) is 18.2 Å². The number of hydrogen-bond donors (Lipinski definition) is 0. The van der Waals surface area contributed by atoms with Crippen LogP contribution in [0.4, 0.5) is 5.69 Å². The van der Waals surface area contributed by atoms with Crippen molar-refractivity contribution in [2.75, 3.05) is 4.90 Å². The second-order valence-corrected chi connectivity index (χ2v) is 6.28. The molecule has 1 aromatic carbocycles. The molecule has 1 aliphatic carbocycles. The fraction of sp³-hybridized carbons (Fsp3) is 0.333. The third-order valence-electron chi connectivity index (χ3n) is 4.50. The van der Waals surface area contributed by atoms with E-state index in [1.165, 1.54) is 0 Å². The minimum absolute atomic E-state index is 0.159. The van der Waals surface area contributed by atoms with Gasteiger partial charge in [0.1, 0.15) is 0 Å². The first-order valence-corrected chi connectivity index (χ1v) is 8.23. The zero-order valence-corrected chi connectivity index (χ0v) is 13.8. The molecule has 6 heteroatoms. The first-order valence-electron chi connectivity index (χ1n) is 8.23. The molecule has 1 saturated carbocycles. The Balaban J connectivity index is 1.76. The molecule has 2 heterocycles. The van der Waals surface area contributed by atoms with Crippen LogP contribution in [-0.4, -0.2) is 31.5 Å². The molecule has 0 spiro atoms. The maximum Gasteiger partial charge on any atom is 0.298 e.